The van der Waals surface area contributed by atoms with E-state index in [0.29, 0.717) is 35.3 Å². The third-order valence-electron chi connectivity index (χ3n) is 3.69. The van der Waals surface area contributed by atoms with E-state index in [-0.39, 0.29) is 5.91 Å². The molecule has 0 aliphatic heterocycles. The number of methoxy groups -OCH3 is 1. The predicted molar refractivity (Wildman–Crippen MR) is 88.1 cm³/mol. The van der Waals surface area contributed by atoms with Crippen molar-refractivity contribution >= 4 is 23.2 Å². The van der Waals surface area contributed by atoms with Crippen molar-refractivity contribution in [3.63, 3.8) is 0 Å². The second kappa shape index (κ2) is 8.90. The Morgan fingerprint density at radius 2 is 2.14 bits per heavy atom. The van der Waals surface area contributed by atoms with Gasteiger partial charge in [-0.3, -0.25) is 4.79 Å². The summed E-state index contributed by atoms with van der Waals surface area (Å²) in [5, 5.41) is 3.52. The van der Waals surface area contributed by atoms with E-state index in [1.165, 1.54) is 0 Å². The van der Waals surface area contributed by atoms with Crippen LogP contribution in [-0.2, 0) is 4.79 Å². The summed E-state index contributed by atoms with van der Waals surface area (Å²) in [6, 6.07) is 3.55. The molecule has 118 valence electrons. The zero-order valence-corrected chi connectivity index (χ0v) is 13.8. The molecule has 3 N–H and O–H groups in total. The van der Waals surface area contributed by atoms with Gasteiger partial charge in [-0.05, 0) is 43.9 Å². The van der Waals surface area contributed by atoms with Gasteiger partial charge in [0.25, 0.3) is 0 Å². The van der Waals surface area contributed by atoms with Crippen LogP contribution in [0.4, 0.5) is 5.69 Å². The van der Waals surface area contributed by atoms with Crippen molar-refractivity contribution in [2.75, 3.05) is 19.0 Å². The van der Waals surface area contributed by atoms with Crippen LogP contribution < -0.4 is 15.8 Å². The lowest BCUT2D eigenvalue weighted by Gasteiger charge is -2.15. The largest absolute Gasteiger partial charge is 0.495 e. The average molecular weight is 313 g/mol. The number of rotatable bonds is 8. The highest BCUT2D eigenvalue weighted by molar-refractivity contribution is 6.31. The van der Waals surface area contributed by atoms with Gasteiger partial charge in [0.2, 0.25) is 5.91 Å². The quantitative estimate of drug-likeness (QED) is 0.768. The second-order valence-corrected chi connectivity index (χ2v) is 5.65. The van der Waals surface area contributed by atoms with Crippen LogP contribution in [0.15, 0.2) is 12.1 Å². The number of nitrogens with one attached hydrogen (secondary N) is 1. The Morgan fingerprint density at radius 3 is 2.71 bits per heavy atom. The monoisotopic (exact) mass is 312 g/mol. The molecule has 0 aromatic heterocycles. The molecule has 0 spiro atoms. The number of aryl methyl sites for hydroxylation is 1. The maximum Gasteiger partial charge on any atom is 0.224 e. The van der Waals surface area contributed by atoms with Gasteiger partial charge in [-0.25, -0.2) is 0 Å². The average Bonchev–Trinajstić information content (AvgIpc) is 2.47. The fourth-order valence-electron chi connectivity index (χ4n) is 2.27. The van der Waals surface area contributed by atoms with Gasteiger partial charge >= 0.3 is 0 Å². The Labute approximate surface area is 132 Å². The van der Waals surface area contributed by atoms with Crippen molar-refractivity contribution in [1.82, 2.24) is 0 Å². The van der Waals surface area contributed by atoms with Crippen molar-refractivity contribution in [2.24, 2.45) is 11.7 Å². The number of hydrogen-bond acceptors (Lipinski definition) is 3. The number of carbonyl (C=O) groups excluding carboxylic acids is 1. The third kappa shape index (κ3) is 5.56. The van der Waals surface area contributed by atoms with Crippen molar-refractivity contribution < 1.29 is 9.53 Å². The van der Waals surface area contributed by atoms with E-state index in [9.17, 15) is 4.79 Å². The Bertz CT molecular complexity index is 478. The van der Waals surface area contributed by atoms with Crippen molar-refractivity contribution in [2.45, 2.75) is 39.5 Å². The topological polar surface area (TPSA) is 64.4 Å². The molecule has 0 aliphatic carbocycles. The van der Waals surface area contributed by atoms with Crippen LogP contribution in [0.3, 0.4) is 0 Å². The summed E-state index contributed by atoms with van der Waals surface area (Å²) in [5.74, 6) is 1.08. The van der Waals surface area contributed by atoms with Gasteiger partial charge in [0.1, 0.15) is 5.75 Å². The molecule has 1 rings (SSSR count). The zero-order chi connectivity index (χ0) is 15.8. The minimum Gasteiger partial charge on any atom is -0.495 e. The number of anilines is 1. The lowest BCUT2D eigenvalue weighted by Crippen LogP contribution is -2.15. The van der Waals surface area contributed by atoms with Crippen LogP contribution in [-0.4, -0.2) is 19.6 Å². The maximum atomic E-state index is 12.1. The smallest absolute Gasteiger partial charge is 0.224 e. The molecule has 5 heteroatoms. The van der Waals surface area contributed by atoms with Crippen LogP contribution in [0, 0.1) is 12.8 Å². The van der Waals surface area contributed by atoms with Crippen LogP contribution >= 0.6 is 11.6 Å². The molecular weight excluding hydrogens is 288 g/mol. The highest BCUT2D eigenvalue weighted by Crippen LogP contribution is 2.31. The molecule has 0 radical (unpaired) electrons. The summed E-state index contributed by atoms with van der Waals surface area (Å²) in [5.41, 5.74) is 7.14. The lowest BCUT2D eigenvalue weighted by molar-refractivity contribution is -0.116. The first-order valence-electron chi connectivity index (χ1n) is 7.35. The summed E-state index contributed by atoms with van der Waals surface area (Å²) >= 11 is 6.05. The van der Waals surface area contributed by atoms with Gasteiger partial charge in [0.15, 0.2) is 0 Å². The first kappa shape index (κ1) is 17.8. The molecule has 1 aromatic carbocycles. The second-order valence-electron chi connectivity index (χ2n) is 5.24. The van der Waals surface area contributed by atoms with Crippen molar-refractivity contribution in [3.8, 4) is 5.75 Å². The Morgan fingerprint density at radius 1 is 1.43 bits per heavy atom. The predicted octanol–water partition coefficient (Wildman–Crippen LogP) is 3.75. The number of ether oxygens (including phenoxy) is 1. The molecule has 0 fully saturated rings. The normalized spacial score (nSPS) is 12.0. The number of halogens is 1. The summed E-state index contributed by atoms with van der Waals surface area (Å²) in [4.78, 5) is 12.1. The van der Waals surface area contributed by atoms with Crippen LogP contribution in [0.5, 0.6) is 5.75 Å². The van der Waals surface area contributed by atoms with Crippen LogP contribution in [0.2, 0.25) is 5.02 Å². The third-order valence-corrected chi connectivity index (χ3v) is 4.09. The summed E-state index contributed by atoms with van der Waals surface area (Å²) in [6.45, 7) is 4.69. The molecule has 1 atom stereocenters. The zero-order valence-electron chi connectivity index (χ0n) is 13.0. The van der Waals surface area contributed by atoms with E-state index in [0.717, 1.165) is 24.8 Å². The van der Waals surface area contributed by atoms with E-state index < -0.39 is 0 Å². The fourth-order valence-corrected chi connectivity index (χ4v) is 2.42. The molecule has 1 aromatic rings. The Hall–Kier alpha value is -1.26. The fraction of sp³-hybridized carbons (Fsp3) is 0.562. The lowest BCUT2D eigenvalue weighted by atomic mass is 9.96. The van der Waals surface area contributed by atoms with Gasteiger partial charge in [-0.2, -0.15) is 0 Å². The summed E-state index contributed by atoms with van der Waals surface area (Å²) in [7, 11) is 1.56. The maximum absolute atomic E-state index is 12.1. The van der Waals surface area contributed by atoms with Gasteiger partial charge in [0, 0.05) is 17.5 Å². The van der Waals surface area contributed by atoms with E-state index in [2.05, 4.69) is 12.2 Å². The minimum absolute atomic E-state index is 0.00880. The van der Waals surface area contributed by atoms with Gasteiger partial charge in [-0.15, -0.1) is 0 Å². The van der Waals surface area contributed by atoms with E-state index in [1.54, 1.807) is 13.2 Å². The standard InChI is InChI=1S/C16H25ClN2O2/c1-4-12(7-8-18)5-6-16(20)19-14-9-11(2)13(17)10-15(14)21-3/h9-10,12H,4-8,18H2,1-3H3,(H,19,20). The van der Waals surface area contributed by atoms with E-state index >= 15 is 0 Å². The molecule has 1 unspecified atom stereocenters. The highest BCUT2D eigenvalue weighted by atomic mass is 35.5. The first-order valence-corrected chi connectivity index (χ1v) is 7.73. The number of amides is 1. The molecule has 0 saturated heterocycles. The van der Waals surface area contributed by atoms with Gasteiger partial charge < -0.3 is 15.8 Å². The number of carbonyl (C=O) groups is 1. The van der Waals surface area contributed by atoms with Crippen LogP contribution in [0.25, 0.3) is 0 Å². The van der Waals surface area contributed by atoms with E-state index in [4.69, 9.17) is 22.1 Å². The minimum atomic E-state index is -0.00880. The van der Waals surface area contributed by atoms with Gasteiger partial charge in [-0.1, -0.05) is 24.9 Å². The highest BCUT2D eigenvalue weighted by Gasteiger charge is 2.12. The molecule has 1 amide bonds. The Balaban J connectivity index is 2.64. The molecule has 0 heterocycles. The molecule has 4 nitrogen and oxygen atoms in total. The molecule has 21 heavy (non-hydrogen) atoms. The van der Waals surface area contributed by atoms with Crippen LogP contribution in [0.1, 0.15) is 38.2 Å². The molecule has 0 aliphatic rings. The van der Waals surface area contributed by atoms with E-state index in [1.807, 2.05) is 13.0 Å². The van der Waals surface area contributed by atoms with Crippen molar-refractivity contribution in [3.05, 3.63) is 22.7 Å². The summed E-state index contributed by atoms with van der Waals surface area (Å²) < 4.78 is 5.25. The SMILES string of the molecule is CCC(CCN)CCC(=O)Nc1cc(C)c(Cl)cc1OC. The first-order chi connectivity index (χ1) is 10.0. The molecular formula is C16H25ClN2O2. The summed E-state index contributed by atoms with van der Waals surface area (Å²) in [6.07, 6.45) is 3.36. The number of nitrogens with two attached hydrogens (primary N) is 1. The molecule has 0 saturated carbocycles. The number of benzene rings is 1. The van der Waals surface area contributed by atoms with Crippen molar-refractivity contribution in [1.29, 1.82) is 0 Å². The Kier molecular flexibility index (Phi) is 7.54. The number of hydrogen-bond donors (Lipinski definition) is 2. The van der Waals surface area contributed by atoms with Gasteiger partial charge in [0.05, 0.1) is 12.8 Å². The molecule has 0 bridgehead atoms.